The van der Waals surface area contributed by atoms with Crippen molar-refractivity contribution < 1.29 is 68.8 Å². The van der Waals surface area contributed by atoms with E-state index in [1.54, 1.807) is 12.3 Å². The van der Waals surface area contributed by atoms with Crippen molar-refractivity contribution in [2.24, 2.45) is 0 Å². The Morgan fingerprint density at radius 2 is 1.41 bits per heavy atom. The summed E-state index contributed by atoms with van der Waals surface area (Å²) >= 11 is 0. The molecule has 0 radical (unpaired) electrons. The number of halogens is 9. The summed E-state index contributed by atoms with van der Waals surface area (Å²) in [6, 6.07) is 10.1. The third kappa shape index (κ3) is 13.7. The lowest BCUT2D eigenvalue weighted by Gasteiger charge is -2.33. The van der Waals surface area contributed by atoms with Crippen LogP contribution in [0.2, 0.25) is 0 Å². The number of anilines is 2. The Bertz CT molecular complexity index is 1610. The maximum Gasteiger partial charge on any atom is 0.573 e. The molecule has 4 N–H and O–H groups in total. The number of carboxylic acid groups (broad SMARTS) is 2. The SMILES string of the molecule is CN1CCN(c2cc(Cc3cc[nH]c(=O)c3C(=O)Nc3ccc(OC(F)(F)F)cc3)ccn2)CC1.O=C(O)C(F)(F)F.O=C(O)C(F)(F)F. The molecule has 0 bridgehead atoms. The molecule has 4 rings (SSSR count). The van der Waals surface area contributed by atoms with Gasteiger partial charge in [0, 0.05) is 44.3 Å². The van der Waals surface area contributed by atoms with Crippen molar-refractivity contribution in [2.75, 3.05) is 43.4 Å². The molecule has 1 aromatic carbocycles. The second-order valence-electron chi connectivity index (χ2n) is 9.83. The molecule has 268 valence electrons. The van der Waals surface area contributed by atoms with E-state index in [1.807, 2.05) is 12.1 Å². The summed E-state index contributed by atoms with van der Waals surface area (Å²) in [5, 5.41) is 16.8. The van der Waals surface area contributed by atoms with Gasteiger partial charge in [-0.05, 0) is 67.1 Å². The van der Waals surface area contributed by atoms with E-state index in [4.69, 9.17) is 19.8 Å². The molecule has 2 aromatic heterocycles. The van der Waals surface area contributed by atoms with Gasteiger partial charge in [-0.3, -0.25) is 9.59 Å². The van der Waals surface area contributed by atoms with E-state index < -0.39 is 47.9 Å². The van der Waals surface area contributed by atoms with Gasteiger partial charge in [-0.15, -0.1) is 13.2 Å². The number of hydrogen-bond acceptors (Lipinski definition) is 8. The van der Waals surface area contributed by atoms with E-state index >= 15 is 0 Å². The van der Waals surface area contributed by atoms with Crippen LogP contribution in [-0.4, -0.2) is 94.9 Å². The number of benzene rings is 1. The van der Waals surface area contributed by atoms with Gasteiger partial charge in [-0.25, -0.2) is 14.6 Å². The number of nitrogens with one attached hydrogen (secondary N) is 2. The van der Waals surface area contributed by atoms with E-state index in [-0.39, 0.29) is 11.3 Å². The van der Waals surface area contributed by atoms with Gasteiger partial charge >= 0.3 is 30.7 Å². The molecule has 1 saturated heterocycles. The van der Waals surface area contributed by atoms with E-state index in [0.717, 1.165) is 49.7 Å². The fourth-order valence-electron chi connectivity index (χ4n) is 3.85. The molecule has 3 heterocycles. The third-order valence-corrected chi connectivity index (χ3v) is 6.14. The van der Waals surface area contributed by atoms with Crippen LogP contribution >= 0.6 is 0 Å². The number of H-pyrrole nitrogens is 1. The summed E-state index contributed by atoms with van der Waals surface area (Å²) < 4.78 is 104. The molecule has 0 aliphatic carbocycles. The van der Waals surface area contributed by atoms with Gasteiger partial charge in [0.2, 0.25) is 0 Å². The maximum absolute atomic E-state index is 12.9. The highest BCUT2D eigenvalue weighted by molar-refractivity contribution is 6.05. The Balaban J connectivity index is 0.000000500. The van der Waals surface area contributed by atoms with Crippen LogP contribution in [0.5, 0.6) is 5.75 Å². The number of rotatable bonds is 6. The summed E-state index contributed by atoms with van der Waals surface area (Å²) in [7, 11) is 2.07. The number of aliphatic carboxylic acids is 2. The van der Waals surface area contributed by atoms with E-state index in [0.29, 0.717) is 12.0 Å². The van der Waals surface area contributed by atoms with Crippen LogP contribution in [0.1, 0.15) is 21.5 Å². The Labute approximate surface area is 269 Å². The summed E-state index contributed by atoms with van der Waals surface area (Å²) in [5.41, 5.74) is 0.993. The van der Waals surface area contributed by atoms with Gasteiger partial charge in [0.1, 0.15) is 17.1 Å². The number of aromatic nitrogens is 2. The summed E-state index contributed by atoms with van der Waals surface area (Å²) in [4.78, 5) is 54.7. The number of hydrogen-bond donors (Lipinski definition) is 4. The van der Waals surface area contributed by atoms with Crippen LogP contribution < -0.4 is 20.5 Å². The van der Waals surface area contributed by atoms with Crippen LogP contribution in [0.15, 0.2) is 59.7 Å². The molecule has 0 saturated carbocycles. The standard InChI is InChI=1S/C24H24F3N5O3.2C2HF3O2/c1-31-10-12-32(13-11-31)20-15-16(6-8-28-20)14-17-7-9-29-22(33)21(17)23(34)30-18-2-4-19(5-3-18)35-24(25,26)27;2*3-2(4,5)1(6)7/h2-9,15H,10-14H2,1H3,(H,29,33)(H,30,34);2*(H,6,7). The third-order valence-electron chi connectivity index (χ3n) is 6.14. The summed E-state index contributed by atoms with van der Waals surface area (Å²) in [5.74, 6) is -5.75. The average Bonchev–Trinajstić information content (AvgIpc) is 2.98. The molecule has 0 spiro atoms. The number of pyridine rings is 2. The molecule has 12 nitrogen and oxygen atoms in total. The molecule has 1 aliphatic heterocycles. The molecule has 3 aromatic rings. The number of ether oxygens (including phenoxy) is 1. The van der Waals surface area contributed by atoms with Crippen molar-refractivity contribution >= 4 is 29.4 Å². The van der Waals surface area contributed by atoms with Crippen LogP contribution in [-0.2, 0) is 16.0 Å². The zero-order chi connectivity index (χ0) is 37.2. The van der Waals surface area contributed by atoms with Crippen molar-refractivity contribution in [3.63, 3.8) is 0 Å². The lowest BCUT2D eigenvalue weighted by Crippen LogP contribution is -2.44. The van der Waals surface area contributed by atoms with Crippen molar-refractivity contribution in [2.45, 2.75) is 25.1 Å². The Hall–Kier alpha value is -5.34. The van der Waals surface area contributed by atoms with Crippen molar-refractivity contribution in [1.82, 2.24) is 14.9 Å². The number of nitrogens with zero attached hydrogens (tertiary/aromatic N) is 3. The number of likely N-dealkylation sites (N-methyl/N-ethyl adjacent to an activating group) is 1. The molecular weight excluding hydrogens is 689 g/mol. The number of aromatic amines is 1. The van der Waals surface area contributed by atoms with Gasteiger partial charge in [0.25, 0.3) is 11.5 Å². The van der Waals surface area contributed by atoms with Crippen molar-refractivity contribution in [3.05, 3.63) is 81.9 Å². The summed E-state index contributed by atoms with van der Waals surface area (Å²) in [6.07, 6.45) is -11.5. The lowest BCUT2D eigenvalue weighted by atomic mass is 10.0. The van der Waals surface area contributed by atoms with Crippen molar-refractivity contribution in [3.8, 4) is 5.75 Å². The van der Waals surface area contributed by atoms with Crippen LogP contribution in [0, 0.1) is 0 Å². The second-order valence-corrected chi connectivity index (χ2v) is 9.83. The predicted octanol–water partition coefficient (Wildman–Crippen LogP) is 4.53. The average molecular weight is 716 g/mol. The smallest absolute Gasteiger partial charge is 0.475 e. The highest BCUT2D eigenvalue weighted by atomic mass is 19.4. The molecule has 1 aliphatic rings. The number of carboxylic acids is 2. The van der Waals surface area contributed by atoms with Gasteiger partial charge in [0.15, 0.2) is 0 Å². The van der Waals surface area contributed by atoms with Gasteiger partial charge in [0.05, 0.1) is 0 Å². The quantitative estimate of drug-likeness (QED) is 0.267. The van der Waals surface area contributed by atoms with Crippen LogP contribution in [0.25, 0.3) is 0 Å². The first-order valence-electron chi connectivity index (χ1n) is 13.4. The minimum Gasteiger partial charge on any atom is -0.475 e. The molecule has 21 heteroatoms. The largest absolute Gasteiger partial charge is 0.573 e. The zero-order valence-corrected chi connectivity index (χ0v) is 24.9. The fourth-order valence-corrected chi connectivity index (χ4v) is 3.85. The summed E-state index contributed by atoms with van der Waals surface area (Å²) in [6.45, 7) is 3.60. The maximum atomic E-state index is 12.9. The highest BCUT2D eigenvalue weighted by Gasteiger charge is 2.39. The normalized spacial score (nSPS) is 13.6. The van der Waals surface area contributed by atoms with Crippen LogP contribution in [0.4, 0.5) is 51.0 Å². The fraction of sp³-hybridized carbons (Fsp3) is 0.321. The first-order chi connectivity index (χ1) is 22.6. The Kier molecular flexibility index (Phi) is 13.5. The number of piperazine rings is 1. The highest BCUT2D eigenvalue weighted by Crippen LogP contribution is 2.25. The minimum absolute atomic E-state index is 0.0684. The lowest BCUT2D eigenvalue weighted by molar-refractivity contribution is -0.274. The minimum atomic E-state index is -5.08. The number of carbonyl (C=O) groups excluding carboxylic acids is 1. The topological polar surface area (TPSA) is 165 Å². The first-order valence-corrected chi connectivity index (χ1v) is 13.4. The van der Waals surface area contributed by atoms with E-state index in [2.05, 4.69) is 36.9 Å². The number of alkyl halides is 9. The van der Waals surface area contributed by atoms with E-state index in [9.17, 15) is 49.1 Å². The van der Waals surface area contributed by atoms with E-state index in [1.165, 1.54) is 18.3 Å². The molecule has 1 amide bonds. The van der Waals surface area contributed by atoms with Gasteiger partial charge in [-0.1, -0.05) is 0 Å². The second kappa shape index (κ2) is 16.7. The molecule has 49 heavy (non-hydrogen) atoms. The molecule has 1 fully saturated rings. The van der Waals surface area contributed by atoms with Crippen LogP contribution in [0.3, 0.4) is 0 Å². The molecule has 0 unspecified atom stereocenters. The zero-order valence-electron chi connectivity index (χ0n) is 24.9. The number of amides is 1. The number of carbonyl (C=O) groups is 3. The van der Waals surface area contributed by atoms with Gasteiger partial charge in [-0.2, -0.15) is 26.3 Å². The predicted molar refractivity (Wildman–Crippen MR) is 152 cm³/mol. The Morgan fingerprint density at radius 1 is 0.878 bits per heavy atom. The molecule has 0 atom stereocenters. The van der Waals surface area contributed by atoms with Gasteiger partial charge < -0.3 is 35.1 Å². The Morgan fingerprint density at radius 3 is 1.90 bits per heavy atom. The first kappa shape index (κ1) is 39.8. The monoisotopic (exact) mass is 715 g/mol. The van der Waals surface area contributed by atoms with Crippen molar-refractivity contribution in [1.29, 1.82) is 0 Å². The molecular formula is C28H26F9N5O7.